The molecule has 1 N–H and O–H groups in total. The van der Waals surface area contributed by atoms with Crippen LogP contribution in [-0.2, 0) is 33.0 Å². The van der Waals surface area contributed by atoms with Gasteiger partial charge in [0, 0.05) is 23.3 Å². The van der Waals surface area contributed by atoms with E-state index in [2.05, 4.69) is 41.2 Å². The summed E-state index contributed by atoms with van der Waals surface area (Å²) in [5.74, 6) is 1.10. The molecule has 3 aromatic rings. The van der Waals surface area contributed by atoms with Crippen LogP contribution in [0.1, 0.15) is 27.6 Å². The van der Waals surface area contributed by atoms with Crippen LogP contribution in [0.2, 0.25) is 0 Å². The van der Waals surface area contributed by atoms with Gasteiger partial charge in [0.25, 0.3) is 0 Å². The number of fused-ring (bicyclic) bond motifs is 2. The number of benzene rings is 1. The largest absolute Gasteiger partial charge is 0.330 e. The molecule has 0 spiro atoms. The lowest BCUT2D eigenvalue weighted by molar-refractivity contribution is 0.648. The van der Waals surface area contributed by atoms with Crippen molar-refractivity contribution in [3.05, 3.63) is 51.5 Å². The summed E-state index contributed by atoms with van der Waals surface area (Å²) in [5.41, 5.74) is 3.86. The van der Waals surface area contributed by atoms with E-state index in [0.29, 0.717) is 0 Å². The lowest BCUT2D eigenvalue weighted by Crippen LogP contribution is -2.15. The fraction of sp³-hybridized carbons (Fsp3) is 0.353. The molecule has 21 heavy (non-hydrogen) atoms. The van der Waals surface area contributed by atoms with Gasteiger partial charge in [0.15, 0.2) is 0 Å². The Morgan fingerprint density at radius 1 is 1.24 bits per heavy atom. The van der Waals surface area contributed by atoms with Gasteiger partial charge in [-0.25, -0.2) is 4.98 Å². The summed E-state index contributed by atoms with van der Waals surface area (Å²) in [6.45, 7) is 1.76. The molecule has 1 aliphatic rings. The highest BCUT2D eigenvalue weighted by Gasteiger charge is 2.14. The van der Waals surface area contributed by atoms with E-state index in [4.69, 9.17) is 4.98 Å². The van der Waals surface area contributed by atoms with E-state index < -0.39 is 0 Å². The van der Waals surface area contributed by atoms with E-state index in [1.165, 1.54) is 29.7 Å². The Balaban J connectivity index is 1.44. The van der Waals surface area contributed by atoms with Crippen LogP contribution in [-0.4, -0.2) is 9.55 Å². The number of thiophene rings is 1. The maximum absolute atomic E-state index is 4.70. The third-order valence-corrected chi connectivity index (χ3v) is 5.50. The van der Waals surface area contributed by atoms with Crippen molar-refractivity contribution in [3.63, 3.8) is 0 Å². The highest BCUT2D eigenvalue weighted by molar-refractivity contribution is 7.12. The van der Waals surface area contributed by atoms with Crippen LogP contribution in [0.25, 0.3) is 11.0 Å². The number of rotatable bonds is 4. The Morgan fingerprint density at radius 2 is 2.14 bits per heavy atom. The van der Waals surface area contributed by atoms with Gasteiger partial charge in [-0.05, 0) is 43.0 Å². The average Bonchev–Trinajstić information content (AvgIpc) is 3.14. The molecule has 0 atom stereocenters. The molecule has 0 fully saturated rings. The van der Waals surface area contributed by atoms with Gasteiger partial charge in [0.05, 0.1) is 17.6 Å². The number of hydrogen-bond donors (Lipinski definition) is 1. The van der Waals surface area contributed by atoms with Crippen molar-refractivity contribution in [1.29, 1.82) is 0 Å². The first kappa shape index (κ1) is 13.0. The third kappa shape index (κ3) is 2.39. The zero-order chi connectivity index (χ0) is 14.2. The summed E-state index contributed by atoms with van der Waals surface area (Å²) in [6, 6.07) is 10.7. The van der Waals surface area contributed by atoms with Crippen molar-refractivity contribution < 1.29 is 0 Å². The Hall–Kier alpha value is -1.65. The van der Waals surface area contributed by atoms with Crippen molar-refractivity contribution in [2.45, 2.75) is 32.4 Å². The van der Waals surface area contributed by atoms with E-state index in [1.54, 1.807) is 10.4 Å². The molecule has 4 rings (SSSR count). The lowest BCUT2D eigenvalue weighted by Gasteiger charge is -2.04. The fourth-order valence-electron chi connectivity index (χ4n) is 3.13. The molecule has 4 heteroatoms. The van der Waals surface area contributed by atoms with Crippen LogP contribution < -0.4 is 5.32 Å². The van der Waals surface area contributed by atoms with Crippen molar-refractivity contribution >= 4 is 22.4 Å². The van der Waals surface area contributed by atoms with Gasteiger partial charge in [0.1, 0.15) is 5.82 Å². The van der Waals surface area contributed by atoms with Crippen molar-refractivity contribution in [2.24, 2.45) is 7.05 Å². The van der Waals surface area contributed by atoms with Crippen LogP contribution in [0.5, 0.6) is 0 Å². The van der Waals surface area contributed by atoms with Crippen LogP contribution in [0, 0.1) is 0 Å². The SMILES string of the molecule is Cn1c(CNCc2cc3c(s2)CCC3)nc2ccccc21. The van der Waals surface area contributed by atoms with Crippen molar-refractivity contribution in [3.8, 4) is 0 Å². The monoisotopic (exact) mass is 297 g/mol. The zero-order valence-corrected chi connectivity index (χ0v) is 13.0. The molecule has 1 aliphatic carbocycles. The minimum atomic E-state index is 0.813. The standard InChI is InChI=1S/C17H19N3S/c1-20-15-7-3-2-6-14(15)19-17(20)11-18-10-13-9-12-5-4-8-16(12)21-13/h2-3,6-7,9,18H,4-5,8,10-11H2,1H3. The number of nitrogens with zero attached hydrogens (tertiary/aromatic N) is 2. The molecule has 0 amide bonds. The second-order valence-corrected chi connectivity index (χ2v) is 6.92. The highest BCUT2D eigenvalue weighted by atomic mass is 32.1. The average molecular weight is 297 g/mol. The normalized spacial score (nSPS) is 14.0. The number of aryl methyl sites for hydroxylation is 3. The fourth-order valence-corrected chi connectivity index (χ4v) is 4.36. The first-order valence-corrected chi connectivity index (χ1v) is 8.34. The molecular weight excluding hydrogens is 278 g/mol. The number of nitrogens with one attached hydrogen (secondary N) is 1. The molecule has 0 radical (unpaired) electrons. The summed E-state index contributed by atoms with van der Waals surface area (Å²) >= 11 is 1.98. The van der Waals surface area contributed by atoms with Crippen LogP contribution in [0.15, 0.2) is 30.3 Å². The molecule has 1 aromatic carbocycles. The van der Waals surface area contributed by atoms with E-state index >= 15 is 0 Å². The Kier molecular flexibility index (Phi) is 3.28. The van der Waals surface area contributed by atoms with Gasteiger partial charge >= 0.3 is 0 Å². The summed E-state index contributed by atoms with van der Waals surface area (Å²) in [4.78, 5) is 7.76. The Labute approximate surface area is 128 Å². The first-order chi connectivity index (χ1) is 10.3. The van der Waals surface area contributed by atoms with Gasteiger partial charge in [-0.15, -0.1) is 11.3 Å². The predicted octanol–water partition coefficient (Wildman–Crippen LogP) is 3.41. The van der Waals surface area contributed by atoms with Gasteiger partial charge < -0.3 is 9.88 Å². The maximum atomic E-state index is 4.70. The third-order valence-electron chi connectivity index (χ3n) is 4.26. The number of imidazole rings is 1. The molecule has 0 saturated carbocycles. The molecule has 0 unspecified atom stereocenters. The Bertz CT molecular complexity index is 763. The summed E-state index contributed by atoms with van der Waals surface area (Å²) in [7, 11) is 2.09. The molecular formula is C17H19N3S. The van der Waals surface area contributed by atoms with Gasteiger partial charge in [-0.1, -0.05) is 12.1 Å². The van der Waals surface area contributed by atoms with Crippen LogP contribution >= 0.6 is 11.3 Å². The smallest absolute Gasteiger partial charge is 0.123 e. The molecule has 108 valence electrons. The van der Waals surface area contributed by atoms with E-state index in [1.807, 2.05) is 17.4 Å². The highest BCUT2D eigenvalue weighted by Crippen LogP contribution is 2.30. The molecule has 0 aliphatic heterocycles. The van der Waals surface area contributed by atoms with Gasteiger partial charge in [0.2, 0.25) is 0 Å². The topological polar surface area (TPSA) is 29.9 Å². The predicted molar refractivity (Wildman–Crippen MR) is 87.6 cm³/mol. The van der Waals surface area contributed by atoms with Crippen molar-refractivity contribution in [1.82, 2.24) is 14.9 Å². The summed E-state index contributed by atoms with van der Waals surface area (Å²) in [5, 5.41) is 3.54. The van der Waals surface area contributed by atoms with Crippen molar-refractivity contribution in [2.75, 3.05) is 0 Å². The van der Waals surface area contributed by atoms with Gasteiger partial charge in [-0.3, -0.25) is 0 Å². The summed E-state index contributed by atoms with van der Waals surface area (Å²) < 4.78 is 2.18. The Morgan fingerprint density at radius 3 is 3.00 bits per heavy atom. The van der Waals surface area contributed by atoms with Crippen LogP contribution in [0.4, 0.5) is 0 Å². The molecule has 2 heterocycles. The molecule has 0 saturated heterocycles. The van der Waals surface area contributed by atoms with Gasteiger partial charge in [-0.2, -0.15) is 0 Å². The number of hydrogen-bond acceptors (Lipinski definition) is 3. The maximum Gasteiger partial charge on any atom is 0.123 e. The number of para-hydroxylation sites is 2. The minimum Gasteiger partial charge on any atom is -0.330 e. The van der Waals surface area contributed by atoms with E-state index in [0.717, 1.165) is 24.4 Å². The second-order valence-electron chi connectivity index (χ2n) is 5.69. The van der Waals surface area contributed by atoms with Crippen LogP contribution in [0.3, 0.4) is 0 Å². The molecule has 2 aromatic heterocycles. The zero-order valence-electron chi connectivity index (χ0n) is 12.2. The second kappa shape index (κ2) is 5.28. The number of aromatic nitrogens is 2. The van der Waals surface area contributed by atoms with E-state index in [-0.39, 0.29) is 0 Å². The summed E-state index contributed by atoms with van der Waals surface area (Å²) in [6.07, 6.45) is 3.90. The van der Waals surface area contributed by atoms with E-state index in [9.17, 15) is 0 Å². The lowest BCUT2D eigenvalue weighted by atomic mass is 10.2. The minimum absolute atomic E-state index is 0.813. The molecule has 3 nitrogen and oxygen atoms in total. The molecule has 0 bridgehead atoms. The first-order valence-electron chi connectivity index (χ1n) is 7.53. The quantitative estimate of drug-likeness (QED) is 0.800.